The Bertz CT molecular complexity index is 620. The molecule has 0 saturated heterocycles. The zero-order chi connectivity index (χ0) is 14.2. The number of hydrogen-bond donors (Lipinski definition) is 0. The Morgan fingerprint density at radius 1 is 1.16 bits per heavy atom. The van der Waals surface area contributed by atoms with Crippen molar-refractivity contribution in [3.05, 3.63) is 56.2 Å². The van der Waals surface area contributed by atoms with Gasteiger partial charge in [0.15, 0.2) is 0 Å². The molecule has 0 atom stereocenters. The maximum Gasteiger partial charge on any atom is 0.203 e. The van der Waals surface area contributed by atoms with Crippen molar-refractivity contribution in [2.45, 2.75) is 33.1 Å². The first-order valence-corrected chi connectivity index (χ1v) is 7.39. The molecule has 0 N–H and O–H groups in total. The highest BCUT2D eigenvalue weighted by Gasteiger charge is 2.20. The Hall–Kier alpha value is -1.12. The zero-order valence-electron chi connectivity index (χ0n) is 11.6. The number of benzene rings is 1. The monoisotopic (exact) mass is 292 g/mol. The molecule has 0 aliphatic rings. The fourth-order valence-electron chi connectivity index (χ4n) is 1.88. The summed E-state index contributed by atoms with van der Waals surface area (Å²) >= 11 is 7.50. The molecule has 1 heterocycles. The number of carbonyl (C=O) groups excluding carboxylic acids is 1. The molecule has 2 rings (SSSR count). The molecule has 0 saturated carbocycles. The number of rotatable bonds is 2. The molecule has 0 bridgehead atoms. The molecule has 0 fully saturated rings. The molecule has 0 aliphatic carbocycles. The Balaban J connectivity index is 2.37. The average Bonchev–Trinajstić information content (AvgIpc) is 2.76. The van der Waals surface area contributed by atoms with Crippen LogP contribution in [-0.4, -0.2) is 5.78 Å². The van der Waals surface area contributed by atoms with Gasteiger partial charge in [0.2, 0.25) is 5.78 Å². The second-order valence-electron chi connectivity index (χ2n) is 5.70. The highest BCUT2D eigenvalue weighted by atomic mass is 35.5. The zero-order valence-corrected chi connectivity index (χ0v) is 13.2. The minimum Gasteiger partial charge on any atom is -0.288 e. The lowest BCUT2D eigenvalue weighted by Gasteiger charge is -2.15. The third-order valence-electron chi connectivity index (χ3n) is 3.00. The molecule has 1 aromatic heterocycles. The standard InChI is InChI=1S/C16H17ClOS/c1-10-9-11(17)5-6-12(10)15(18)13-7-8-14(19-13)16(2,3)4/h5-9H,1-4H3. The molecule has 1 nitrogen and oxygen atoms in total. The summed E-state index contributed by atoms with van der Waals surface area (Å²) in [7, 11) is 0. The van der Waals surface area contributed by atoms with Gasteiger partial charge in [-0.2, -0.15) is 0 Å². The normalized spacial score (nSPS) is 11.6. The van der Waals surface area contributed by atoms with Gasteiger partial charge in [-0.05, 0) is 48.2 Å². The maximum absolute atomic E-state index is 12.5. The van der Waals surface area contributed by atoms with Crippen LogP contribution in [-0.2, 0) is 5.41 Å². The molecule has 2 aromatic rings. The Morgan fingerprint density at radius 2 is 1.84 bits per heavy atom. The molecule has 0 unspecified atom stereocenters. The van der Waals surface area contributed by atoms with E-state index in [1.54, 1.807) is 23.5 Å². The van der Waals surface area contributed by atoms with Crippen LogP contribution in [0.5, 0.6) is 0 Å². The van der Waals surface area contributed by atoms with Crippen LogP contribution in [0, 0.1) is 6.92 Å². The largest absolute Gasteiger partial charge is 0.288 e. The van der Waals surface area contributed by atoms with Crippen molar-refractivity contribution < 1.29 is 4.79 Å². The molecule has 0 aliphatic heterocycles. The summed E-state index contributed by atoms with van der Waals surface area (Å²) in [4.78, 5) is 14.5. The van der Waals surface area contributed by atoms with Gasteiger partial charge in [0, 0.05) is 15.5 Å². The van der Waals surface area contributed by atoms with E-state index in [0.717, 1.165) is 16.0 Å². The fraction of sp³-hybridized carbons (Fsp3) is 0.312. The summed E-state index contributed by atoms with van der Waals surface area (Å²) in [6, 6.07) is 9.36. The minimum absolute atomic E-state index is 0.0784. The summed E-state index contributed by atoms with van der Waals surface area (Å²) in [6.07, 6.45) is 0. The van der Waals surface area contributed by atoms with Crippen molar-refractivity contribution in [3.63, 3.8) is 0 Å². The fourth-order valence-corrected chi connectivity index (χ4v) is 3.12. The summed E-state index contributed by atoms with van der Waals surface area (Å²) < 4.78 is 0. The van der Waals surface area contributed by atoms with Crippen LogP contribution in [0.4, 0.5) is 0 Å². The Labute approximate surface area is 123 Å². The van der Waals surface area contributed by atoms with Gasteiger partial charge in [-0.1, -0.05) is 32.4 Å². The number of carbonyl (C=O) groups is 1. The van der Waals surface area contributed by atoms with Gasteiger partial charge in [-0.15, -0.1) is 11.3 Å². The summed E-state index contributed by atoms with van der Waals surface area (Å²) in [5.74, 6) is 0.0784. The molecule has 3 heteroatoms. The van der Waals surface area contributed by atoms with Crippen LogP contribution in [0.3, 0.4) is 0 Å². The summed E-state index contributed by atoms with van der Waals surface area (Å²) in [6.45, 7) is 8.37. The SMILES string of the molecule is Cc1cc(Cl)ccc1C(=O)c1ccc(C(C)(C)C)s1. The van der Waals surface area contributed by atoms with Crippen LogP contribution >= 0.6 is 22.9 Å². The predicted molar refractivity (Wildman–Crippen MR) is 82.6 cm³/mol. The van der Waals surface area contributed by atoms with Crippen molar-refractivity contribution in [1.29, 1.82) is 0 Å². The van der Waals surface area contributed by atoms with Crippen LogP contribution in [0.15, 0.2) is 30.3 Å². The van der Waals surface area contributed by atoms with Gasteiger partial charge in [0.05, 0.1) is 4.88 Å². The predicted octanol–water partition coefficient (Wildman–Crippen LogP) is 5.24. The third kappa shape index (κ3) is 3.07. The van der Waals surface area contributed by atoms with Gasteiger partial charge < -0.3 is 0 Å². The molecule has 0 spiro atoms. The Kier molecular flexibility index (Phi) is 3.84. The van der Waals surface area contributed by atoms with E-state index in [1.165, 1.54) is 4.88 Å². The molecule has 19 heavy (non-hydrogen) atoms. The van der Waals surface area contributed by atoms with Gasteiger partial charge in [-0.25, -0.2) is 0 Å². The lowest BCUT2D eigenvalue weighted by atomic mass is 9.95. The second kappa shape index (κ2) is 5.10. The molecule has 0 radical (unpaired) electrons. The number of thiophene rings is 1. The third-order valence-corrected chi connectivity index (χ3v) is 4.75. The maximum atomic E-state index is 12.5. The van der Waals surface area contributed by atoms with E-state index in [4.69, 9.17) is 11.6 Å². The van der Waals surface area contributed by atoms with Gasteiger partial charge in [0.25, 0.3) is 0 Å². The second-order valence-corrected chi connectivity index (χ2v) is 7.22. The molecule has 100 valence electrons. The topological polar surface area (TPSA) is 17.1 Å². The van der Waals surface area contributed by atoms with Crippen LogP contribution < -0.4 is 0 Å². The van der Waals surface area contributed by atoms with E-state index in [1.807, 2.05) is 25.1 Å². The quantitative estimate of drug-likeness (QED) is 0.692. The van der Waals surface area contributed by atoms with Gasteiger partial charge in [-0.3, -0.25) is 4.79 Å². The summed E-state index contributed by atoms with van der Waals surface area (Å²) in [5, 5.41) is 0.663. The van der Waals surface area contributed by atoms with Crippen LogP contribution in [0.2, 0.25) is 5.02 Å². The van der Waals surface area contributed by atoms with Crippen molar-refractivity contribution in [1.82, 2.24) is 0 Å². The van der Waals surface area contributed by atoms with E-state index >= 15 is 0 Å². The van der Waals surface area contributed by atoms with Crippen LogP contribution in [0.25, 0.3) is 0 Å². The van der Waals surface area contributed by atoms with Gasteiger partial charge in [0.1, 0.15) is 0 Å². The van der Waals surface area contributed by atoms with Crippen molar-refractivity contribution >= 4 is 28.7 Å². The highest BCUT2D eigenvalue weighted by Crippen LogP contribution is 2.31. The van der Waals surface area contributed by atoms with Gasteiger partial charge >= 0.3 is 0 Å². The van der Waals surface area contributed by atoms with Crippen molar-refractivity contribution in [3.8, 4) is 0 Å². The lowest BCUT2D eigenvalue weighted by molar-refractivity contribution is 0.104. The van der Waals surface area contributed by atoms with E-state index in [9.17, 15) is 4.79 Å². The number of halogens is 1. The number of aryl methyl sites for hydroxylation is 1. The van der Waals surface area contributed by atoms with E-state index in [0.29, 0.717) is 5.02 Å². The van der Waals surface area contributed by atoms with Crippen molar-refractivity contribution in [2.24, 2.45) is 0 Å². The first-order valence-electron chi connectivity index (χ1n) is 6.20. The highest BCUT2D eigenvalue weighted by molar-refractivity contribution is 7.14. The van der Waals surface area contributed by atoms with Crippen molar-refractivity contribution in [2.75, 3.05) is 0 Å². The van der Waals surface area contributed by atoms with E-state index in [-0.39, 0.29) is 11.2 Å². The lowest BCUT2D eigenvalue weighted by Crippen LogP contribution is -2.08. The first kappa shape index (κ1) is 14.3. The molecular formula is C16H17ClOS. The van der Waals surface area contributed by atoms with Crippen LogP contribution in [0.1, 0.15) is 46.4 Å². The molecule has 1 aromatic carbocycles. The average molecular weight is 293 g/mol. The first-order chi connectivity index (χ1) is 8.79. The number of hydrogen-bond acceptors (Lipinski definition) is 2. The minimum atomic E-state index is 0.0784. The molecule has 0 amide bonds. The smallest absolute Gasteiger partial charge is 0.203 e. The summed E-state index contributed by atoms with van der Waals surface area (Å²) in [5.41, 5.74) is 1.73. The molecular weight excluding hydrogens is 276 g/mol. The van der Waals surface area contributed by atoms with E-state index in [2.05, 4.69) is 20.8 Å². The number of ketones is 1. The van der Waals surface area contributed by atoms with E-state index < -0.39 is 0 Å². The Morgan fingerprint density at radius 3 is 2.37 bits per heavy atom.